The number of benzene rings is 1. The summed E-state index contributed by atoms with van der Waals surface area (Å²) in [5.74, 6) is -1.57. The number of nitrogens with zero attached hydrogens (tertiary/aromatic N) is 6. The smallest absolute Gasteiger partial charge is 0.248 e. The Bertz CT molecular complexity index is 1390. The van der Waals surface area contributed by atoms with Crippen LogP contribution in [0.25, 0.3) is 11.0 Å². The predicted molar refractivity (Wildman–Crippen MR) is 163 cm³/mol. The maximum atomic E-state index is 14.8. The fourth-order valence-electron chi connectivity index (χ4n) is 7.48. The fraction of sp³-hybridized carbons (Fsp3) is 0.581. The number of likely N-dealkylation sites (tertiary alicyclic amines) is 1. The van der Waals surface area contributed by atoms with Crippen molar-refractivity contribution in [2.24, 2.45) is 17.8 Å². The zero-order valence-corrected chi connectivity index (χ0v) is 25.8. The lowest BCUT2D eigenvalue weighted by Crippen LogP contribution is -2.57. The van der Waals surface area contributed by atoms with Gasteiger partial charge in [-0.3, -0.25) is 14.4 Å². The average molecular weight is 595 g/mol. The van der Waals surface area contributed by atoms with Crippen LogP contribution < -0.4 is 0 Å². The number of hydrogen-bond donors (Lipinski definition) is 1. The molecule has 1 N–H and O–H groups in total. The van der Waals surface area contributed by atoms with E-state index >= 15 is 0 Å². The number of aliphatic hydroxyl groups is 1. The summed E-state index contributed by atoms with van der Waals surface area (Å²) in [6.07, 6.45) is 5.25. The molecule has 1 spiro atoms. The average Bonchev–Trinajstić information content (AvgIpc) is 3.66. The molecule has 11 heteroatoms. The van der Waals surface area contributed by atoms with Crippen LogP contribution >= 0.6 is 11.8 Å². The molecule has 3 aliphatic rings. The molecule has 3 aliphatic heterocycles. The second-order valence-corrected chi connectivity index (χ2v) is 14.4. The highest BCUT2D eigenvalue weighted by molar-refractivity contribution is 8.02. The van der Waals surface area contributed by atoms with Gasteiger partial charge in [-0.2, -0.15) is 0 Å². The summed E-state index contributed by atoms with van der Waals surface area (Å²) in [7, 11) is 1.74. The predicted octanol–water partition coefficient (Wildman–Crippen LogP) is 2.94. The van der Waals surface area contributed by atoms with Crippen molar-refractivity contribution < 1.29 is 19.5 Å². The zero-order chi connectivity index (χ0) is 30.4. The van der Waals surface area contributed by atoms with Crippen molar-refractivity contribution in [3.05, 3.63) is 49.6 Å². The molecule has 1 aromatic heterocycles. The summed E-state index contributed by atoms with van der Waals surface area (Å²) in [4.78, 5) is 48.2. The van der Waals surface area contributed by atoms with Crippen LogP contribution in [0.3, 0.4) is 0 Å². The third-order valence-electron chi connectivity index (χ3n) is 9.23. The topological polar surface area (TPSA) is 112 Å². The number of carbonyl (C=O) groups is 3. The zero-order valence-electron chi connectivity index (χ0n) is 25.0. The molecule has 226 valence electrons. The van der Waals surface area contributed by atoms with E-state index in [1.165, 1.54) is 0 Å². The molecule has 10 nitrogen and oxygen atoms in total. The monoisotopic (exact) mass is 594 g/mol. The first-order valence-corrected chi connectivity index (χ1v) is 15.5. The van der Waals surface area contributed by atoms with Crippen LogP contribution in [0.15, 0.2) is 49.6 Å². The minimum Gasteiger partial charge on any atom is -0.394 e. The van der Waals surface area contributed by atoms with E-state index in [2.05, 4.69) is 30.4 Å². The van der Waals surface area contributed by atoms with Crippen molar-refractivity contribution >= 4 is 40.5 Å². The summed E-state index contributed by atoms with van der Waals surface area (Å²) in [5.41, 5.74) is 1.52. The van der Waals surface area contributed by atoms with E-state index in [0.29, 0.717) is 19.4 Å². The van der Waals surface area contributed by atoms with Gasteiger partial charge in [-0.25, -0.2) is 4.68 Å². The van der Waals surface area contributed by atoms with Crippen LogP contribution in [-0.4, -0.2) is 101 Å². The van der Waals surface area contributed by atoms with Gasteiger partial charge >= 0.3 is 0 Å². The molecule has 0 saturated carbocycles. The van der Waals surface area contributed by atoms with E-state index in [1.54, 1.807) is 50.3 Å². The van der Waals surface area contributed by atoms with Crippen molar-refractivity contribution in [3.63, 3.8) is 0 Å². The van der Waals surface area contributed by atoms with Crippen molar-refractivity contribution in [2.75, 3.05) is 26.7 Å². The first-order valence-electron chi connectivity index (χ1n) is 14.7. The molecule has 5 rings (SSSR count). The van der Waals surface area contributed by atoms with Crippen LogP contribution in [-0.2, 0) is 21.1 Å². The van der Waals surface area contributed by atoms with Gasteiger partial charge in [0.2, 0.25) is 17.7 Å². The Hall–Kier alpha value is -3.18. The van der Waals surface area contributed by atoms with Gasteiger partial charge in [-0.1, -0.05) is 43.3 Å². The van der Waals surface area contributed by atoms with E-state index in [4.69, 9.17) is 0 Å². The summed E-state index contributed by atoms with van der Waals surface area (Å²) in [6, 6.07) is 6.18. The maximum Gasteiger partial charge on any atom is 0.248 e. The quantitative estimate of drug-likeness (QED) is 0.376. The Morgan fingerprint density at radius 1 is 1.19 bits per heavy atom. The van der Waals surface area contributed by atoms with Gasteiger partial charge in [0.15, 0.2) is 0 Å². The molecule has 3 saturated heterocycles. The van der Waals surface area contributed by atoms with Crippen LogP contribution in [0.5, 0.6) is 0 Å². The van der Waals surface area contributed by atoms with Gasteiger partial charge in [0.25, 0.3) is 0 Å². The standard InChI is InChI=1S/C31H42N6O4S/c1-7-15-34(6)27(39)24-25-28(40)37(21(18-38)17-20(3)4)26(31(25)14-13-30(24,5)42-31)29(41)35(16-8-2)19-36-23-12-10-9-11-22(23)32-33-36/h7-12,20-21,24-26,38H,1-2,13-19H2,3-6H3/t21-,24+,25+,26?,30-,31?/m1/s1. The van der Waals surface area contributed by atoms with Crippen molar-refractivity contribution in [1.82, 2.24) is 29.7 Å². The number of hydrogen-bond acceptors (Lipinski definition) is 7. The van der Waals surface area contributed by atoms with Crippen LogP contribution in [0.4, 0.5) is 0 Å². The van der Waals surface area contributed by atoms with Crippen molar-refractivity contribution in [3.8, 4) is 0 Å². The molecule has 6 atom stereocenters. The Morgan fingerprint density at radius 2 is 1.90 bits per heavy atom. The molecular weight excluding hydrogens is 552 g/mol. The van der Waals surface area contributed by atoms with Crippen molar-refractivity contribution in [1.29, 1.82) is 0 Å². The largest absolute Gasteiger partial charge is 0.394 e. The molecule has 4 heterocycles. The van der Waals surface area contributed by atoms with Gasteiger partial charge in [-0.05, 0) is 44.2 Å². The van der Waals surface area contributed by atoms with Crippen molar-refractivity contribution in [2.45, 2.75) is 68.3 Å². The van der Waals surface area contributed by atoms with Gasteiger partial charge in [0, 0.05) is 24.9 Å². The number of likely N-dealkylation sites (N-methyl/N-ethyl adjacent to an activating group) is 1. The maximum absolute atomic E-state index is 14.8. The first kappa shape index (κ1) is 30.3. The molecule has 0 radical (unpaired) electrons. The van der Waals surface area contributed by atoms with E-state index in [9.17, 15) is 19.5 Å². The number of amides is 3. The summed E-state index contributed by atoms with van der Waals surface area (Å²) < 4.78 is 0.421. The van der Waals surface area contributed by atoms with E-state index < -0.39 is 33.4 Å². The third-order valence-corrected chi connectivity index (χ3v) is 11.2. The molecule has 3 amide bonds. The van der Waals surface area contributed by atoms with Gasteiger partial charge in [-0.15, -0.1) is 30.0 Å². The normalized spacial score (nSPS) is 28.8. The number of fused-ring (bicyclic) bond motifs is 2. The van der Waals surface area contributed by atoms with Gasteiger partial charge in [0.05, 0.1) is 34.7 Å². The molecular formula is C31H42N6O4S. The molecule has 2 bridgehead atoms. The summed E-state index contributed by atoms with van der Waals surface area (Å²) in [5, 5.41) is 19.1. The number of aromatic nitrogens is 3. The number of carbonyl (C=O) groups excluding carboxylic acids is 3. The summed E-state index contributed by atoms with van der Waals surface area (Å²) >= 11 is 1.63. The Labute approximate surface area is 251 Å². The molecule has 2 aromatic rings. The van der Waals surface area contributed by atoms with E-state index in [-0.39, 0.29) is 43.5 Å². The Kier molecular flexibility index (Phi) is 8.28. The van der Waals surface area contributed by atoms with Crippen LogP contribution in [0.1, 0.15) is 40.0 Å². The molecule has 0 aliphatic carbocycles. The molecule has 2 unspecified atom stereocenters. The van der Waals surface area contributed by atoms with E-state index in [0.717, 1.165) is 17.5 Å². The van der Waals surface area contributed by atoms with Gasteiger partial charge < -0.3 is 19.8 Å². The number of thioether (sulfide) groups is 1. The number of aliphatic hydroxyl groups excluding tert-OH is 1. The van der Waals surface area contributed by atoms with E-state index in [1.807, 2.05) is 38.1 Å². The highest BCUT2D eigenvalue weighted by Crippen LogP contribution is 2.72. The van der Waals surface area contributed by atoms with Crippen LogP contribution in [0, 0.1) is 17.8 Å². The highest BCUT2D eigenvalue weighted by Gasteiger charge is 2.78. The minimum atomic E-state index is -0.838. The second-order valence-electron chi connectivity index (χ2n) is 12.5. The minimum absolute atomic E-state index is 0.0979. The molecule has 3 fully saturated rings. The van der Waals surface area contributed by atoms with Crippen LogP contribution in [0.2, 0.25) is 0 Å². The Balaban J connectivity index is 1.59. The lowest BCUT2D eigenvalue weighted by molar-refractivity contribution is -0.148. The van der Waals surface area contributed by atoms with Gasteiger partial charge in [0.1, 0.15) is 18.2 Å². The summed E-state index contributed by atoms with van der Waals surface area (Å²) in [6.45, 7) is 14.3. The second kappa shape index (κ2) is 11.5. The number of rotatable bonds is 12. The Morgan fingerprint density at radius 3 is 2.57 bits per heavy atom. The number of para-hydroxylation sites is 1. The lowest BCUT2D eigenvalue weighted by Gasteiger charge is -2.40. The molecule has 1 aromatic carbocycles. The third kappa shape index (κ3) is 4.74. The SMILES string of the molecule is C=CCN(C)C(=O)[C@@H]1[C@H]2C(=O)N([C@@H](CO)CC(C)C)C(C(=O)N(CC=C)Cn3nnc4ccccc43)C23CC[C@@]1(C)S3. The first-order chi connectivity index (χ1) is 20.0. The highest BCUT2D eigenvalue weighted by atomic mass is 32.2. The fourth-order valence-corrected chi connectivity index (χ4v) is 9.81. The molecule has 42 heavy (non-hydrogen) atoms. The lowest BCUT2D eigenvalue weighted by atomic mass is 9.66.